The molecular weight excluding hydrogens is 226 g/mol. The second kappa shape index (κ2) is 3.87. The molecule has 0 bridgehead atoms. The standard InChI is InChI=1S/C12H12ClNS/c1-7-5-9(3-4-10(7)14)11-6-8(2)12(13)15-11/h3-6H,14H2,1-2H3. The number of nitrogens with two attached hydrogens (primary N) is 1. The molecule has 3 heteroatoms. The van der Waals surface area contributed by atoms with E-state index in [-0.39, 0.29) is 0 Å². The lowest BCUT2D eigenvalue weighted by Crippen LogP contribution is -1.88. The number of aryl methyl sites for hydroxylation is 2. The number of benzene rings is 1. The molecule has 15 heavy (non-hydrogen) atoms. The van der Waals surface area contributed by atoms with Crippen LogP contribution in [0.15, 0.2) is 24.3 Å². The van der Waals surface area contributed by atoms with Gasteiger partial charge in [0.15, 0.2) is 0 Å². The highest BCUT2D eigenvalue weighted by atomic mass is 35.5. The Morgan fingerprint density at radius 1 is 1.13 bits per heavy atom. The summed E-state index contributed by atoms with van der Waals surface area (Å²) in [4.78, 5) is 1.20. The minimum atomic E-state index is 0.832. The molecule has 2 aromatic rings. The van der Waals surface area contributed by atoms with E-state index in [1.807, 2.05) is 26.0 Å². The van der Waals surface area contributed by atoms with E-state index in [9.17, 15) is 0 Å². The molecule has 0 radical (unpaired) electrons. The van der Waals surface area contributed by atoms with E-state index in [0.717, 1.165) is 21.2 Å². The lowest BCUT2D eigenvalue weighted by Gasteiger charge is -2.02. The Labute approximate surface area is 98.5 Å². The van der Waals surface area contributed by atoms with Gasteiger partial charge in [-0.3, -0.25) is 0 Å². The first-order valence-corrected chi connectivity index (χ1v) is 5.90. The van der Waals surface area contributed by atoms with E-state index in [1.165, 1.54) is 10.4 Å². The van der Waals surface area contributed by atoms with Crippen LogP contribution < -0.4 is 5.73 Å². The summed E-state index contributed by atoms with van der Waals surface area (Å²) in [6.45, 7) is 4.04. The number of anilines is 1. The van der Waals surface area contributed by atoms with Crippen LogP contribution in [0.3, 0.4) is 0 Å². The molecule has 1 nitrogen and oxygen atoms in total. The fraction of sp³-hybridized carbons (Fsp3) is 0.167. The molecule has 0 aliphatic heterocycles. The average Bonchev–Trinajstić information content (AvgIpc) is 2.52. The van der Waals surface area contributed by atoms with Crippen LogP contribution in [0.2, 0.25) is 4.34 Å². The summed E-state index contributed by atoms with van der Waals surface area (Å²) in [7, 11) is 0. The molecule has 0 fully saturated rings. The Hall–Kier alpha value is -0.990. The highest BCUT2D eigenvalue weighted by molar-refractivity contribution is 7.19. The van der Waals surface area contributed by atoms with Gasteiger partial charge in [0.05, 0.1) is 4.34 Å². The van der Waals surface area contributed by atoms with E-state index in [2.05, 4.69) is 12.1 Å². The first kappa shape index (κ1) is 10.5. The minimum absolute atomic E-state index is 0.832. The van der Waals surface area contributed by atoms with E-state index in [1.54, 1.807) is 11.3 Å². The zero-order valence-corrected chi connectivity index (χ0v) is 10.2. The Balaban J connectivity index is 2.49. The summed E-state index contributed by atoms with van der Waals surface area (Å²) in [5.74, 6) is 0. The molecule has 0 atom stereocenters. The highest BCUT2D eigenvalue weighted by Crippen LogP contribution is 2.35. The largest absolute Gasteiger partial charge is 0.399 e. The van der Waals surface area contributed by atoms with Gasteiger partial charge in [-0.05, 0) is 48.7 Å². The van der Waals surface area contributed by atoms with Crippen molar-refractivity contribution in [1.82, 2.24) is 0 Å². The molecule has 78 valence electrons. The third-order valence-corrected chi connectivity index (χ3v) is 4.02. The van der Waals surface area contributed by atoms with Gasteiger partial charge < -0.3 is 5.73 Å². The van der Waals surface area contributed by atoms with Crippen LogP contribution in [0.1, 0.15) is 11.1 Å². The maximum absolute atomic E-state index is 6.04. The van der Waals surface area contributed by atoms with Gasteiger partial charge in [-0.2, -0.15) is 0 Å². The van der Waals surface area contributed by atoms with Crippen LogP contribution in [0.5, 0.6) is 0 Å². The van der Waals surface area contributed by atoms with Gasteiger partial charge in [-0.15, -0.1) is 11.3 Å². The van der Waals surface area contributed by atoms with Crippen LogP contribution in [-0.4, -0.2) is 0 Å². The van der Waals surface area contributed by atoms with Crippen LogP contribution in [0, 0.1) is 13.8 Å². The summed E-state index contributed by atoms with van der Waals surface area (Å²) >= 11 is 7.65. The van der Waals surface area contributed by atoms with Crippen molar-refractivity contribution in [2.45, 2.75) is 13.8 Å². The van der Waals surface area contributed by atoms with Gasteiger partial charge in [-0.1, -0.05) is 17.7 Å². The van der Waals surface area contributed by atoms with Crippen molar-refractivity contribution in [3.63, 3.8) is 0 Å². The first-order valence-electron chi connectivity index (χ1n) is 4.70. The first-order chi connectivity index (χ1) is 7.08. The molecule has 1 aromatic heterocycles. The smallest absolute Gasteiger partial charge is 0.0963 e. The van der Waals surface area contributed by atoms with Crippen molar-refractivity contribution < 1.29 is 0 Å². The molecule has 0 aliphatic rings. The summed E-state index contributed by atoms with van der Waals surface area (Å²) in [6.07, 6.45) is 0. The second-order valence-electron chi connectivity index (χ2n) is 3.64. The lowest BCUT2D eigenvalue weighted by molar-refractivity contribution is 1.47. The SMILES string of the molecule is Cc1cc(-c2cc(C)c(Cl)s2)ccc1N. The number of hydrogen-bond donors (Lipinski definition) is 1. The van der Waals surface area contributed by atoms with Crippen LogP contribution in [0.25, 0.3) is 10.4 Å². The molecule has 0 saturated heterocycles. The fourth-order valence-electron chi connectivity index (χ4n) is 1.43. The lowest BCUT2D eigenvalue weighted by atomic mass is 10.1. The molecule has 0 amide bonds. The van der Waals surface area contributed by atoms with Gasteiger partial charge in [0, 0.05) is 10.6 Å². The van der Waals surface area contributed by atoms with Gasteiger partial charge in [0.1, 0.15) is 0 Å². The summed E-state index contributed by atoms with van der Waals surface area (Å²) in [5.41, 5.74) is 10.0. The summed E-state index contributed by atoms with van der Waals surface area (Å²) < 4.78 is 0.861. The van der Waals surface area contributed by atoms with Gasteiger partial charge >= 0.3 is 0 Å². The second-order valence-corrected chi connectivity index (χ2v) is 5.29. The van der Waals surface area contributed by atoms with Gasteiger partial charge in [-0.25, -0.2) is 0 Å². The molecule has 2 N–H and O–H groups in total. The highest BCUT2D eigenvalue weighted by Gasteiger charge is 2.06. The van der Waals surface area contributed by atoms with Gasteiger partial charge in [0.2, 0.25) is 0 Å². The summed E-state index contributed by atoms with van der Waals surface area (Å²) in [5, 5.41) is 0. The molecular formula is C12H12ClNS. The zero-order chi connectivity index (χ0) is 11.0. The van der Waals surface area contributed by atoms with Gasteiger partial charge in [0.25, 0.3) is 0 Å². The van der Waals surface area contributed by atoms with E-state index in [0.29, 0.717) is 0 Å². The Morgan fingerprint density at radius 2 is 1.87 bits per heavy atom. The number of thiophene rings is 1. The molecule has 2 rings (SSSR count). The van der Waals surface area contributed by atoms with Crippen molar-refractivity contribution in [2.24, 2.45) is 0 Å². The molecule has 0 saturated carbocycles. The third-order valence-electron chi connectivity index (χ3n) is 2.41. The predicted molar refractivity (Wildman–Crippen MR) is 68.7 cm³/mol. The maximum Gasteiger partial charge on any atom is 0.0963 e. The monoisotopic (exact) mass is 237 g/mol. The molecule has 1 heterocycles. The van der Waals surface area contributed by atoms with Crippen molar-refractivity contribution >= 4 is 28.6 Å². The zero-order valence-electron chi connectivity index (χ0n) is 8.67. The van der Waals surface area contributed by atoms with E-state index >= 15 is 0 Å². The quantitative estimate of drug-likeness (QED) is 0.737. The Kier molecular flexibility index (Phi) is 2.72. The normalized spacial score (nSPS) is 10.6. The maximum atomic E-state index is 6.04. The molecule has 0 spiro atoms. The van der Waals surface area contributed by atoms with Crippen molar-refractivity contribution in [2.75, 3.05) is 5.73 Å². The van der Waals surface area contributed by atoms with Crippen LogP contribution in [-0.2, 0) is 0 Å². The van der Waals surface area contributed by atoms with Crippen LogP contribution >= 0.6 is 22.9 Å². The van der Waals surface area contributed by atoms with Crippen LogP contribution in [0.4, 0.5) is 5.69 Å². The number of halogens is 1. The topological polar surface area (TPSA) is 26.0 Å². The van der Waals surface area contributed by atoms with E-state index < -0.39 is 0 Å². The molecule has 0 aliphatic carbocycles. The number of rotatable bonds is 1. The predicted octanol–water partition coefficient (Wildman–Crippen LogP) is 4.27. The fourth-order valence-corrected chi connectivity index (χ4v) is 2.63. The molecule has 0 unspecified atom stereocenters. The number of hydrogen-bond acceptors (Lipinski definition) is 2. The van der Waals surface area contributed by atoms with Crippen molar-refractivity contribution in [3.8, 4) is 10.4 Å². The van der Waals surface area contributed by atoms with Crippen molar-refractivity contribution in [3.05, 3.63) is 39.7 Å². The third kappa shape index (κ3) is 2.01. The number of nitrogen functional groups attached to an aromatic ring is 1. The summed E-state index contributed by atoms with van der Waals surface area (Å²) in [6, 6.07) is 8.17. The van der Waals surface area contributed by atoms with Crippen molar-refractivity contribution in [1.29, 1.82) is 0 Å². The minimum Gasteiger partial charge on any atom is -0.399 e. The Morgan fingerprint density at radius 3 is 2.40 bits per heavy atom. The average molecular weight is 238 g/mol. The Bertz CT molecular complexity index is 483. The van der Waals surface area contributed by atoms with E-state index in [4.69, 9.17) is 17.3 Å². The molecule has 1 aromatic carbocycles.